The Labute approximate surface area is 145 Å². The molecule has 1 N–H and O–H groups in total. The maximum Gasteiger partial charge on any atom is 0.234 e. The van der Waals surface area contributed by atoms with Gasteiger partial charge in [-0.25, -0.2) is 0 Å². The molecule has 1 aliphatic rings. The second kappa shape index (κ2) is 5.21. The first-order chi connectivity index (χ1) is 9.80. The molecule has 3 rings (SSSR count). The number of rotatable bonds is 2. The molecule has 1 atom stereocenters. The van der Waals surface area contributed by atoms with Crippen molar-refractivity contribution in [3.63, 3.8) is 0 Å². The van der Waals surface area contributed by atoms with Crippen LogP contribution in [-0.2, 0) is 10.2 Å². The van der Waals surface area contributed by atoms with Gasteiger partial charge in [-0.1, -0.05) is 28.1 Å². The topological polar surface area (TPSA) is 29.1 Å². The number of fused-ring (bicyclic) bond motifs is 1. The Bertz CT molecular complexity index is 716. The average molecular weight is 429 g/mol. The molecule has 0 bridgehead atoms. The Morgan fingerprint density at radius 3 is 2.62 bits per heavy atom. The number of carbonyl (C=O) groups is 1. The van der Waals surface area contributed by atoms with Crippen LogP contribution in [0.5, 0.6) is 0 Å². The van der Waals surface area contributed by atoms with Crippen molar-refractivity contribution in [1.82, 2.24) is 0 Å². The summed E-state index contributed by atoms with van der Waals surface area (Å²) in [5.41, 5.74) is 3.95. The molecule has 1 aromatic carbocycles. The smallest absolute Gasteiger partial charge is 0.234 e. The molecule has 1 aromatic heterocycles. The van der Waals surface area contributed by atoms with Gasteiger partial charge in [-0.2, -0.15) is 0 Å². The average Bonchev–Trinajstić information content (AvgIpc) is 2.88. The molecular formula is C16H15Br2NOS. The first kappa shape index (κ1) is 15.3. The Balaban J connectivity index is 2.02. The second-order valence-electron chi connectivity index (χ2n) is 5.85. The third-order valence-corrected chi connectivity index (χ3v) is 7.48. The number of benzene rings is 1. The molecule has 5 heteroatoms. The number of hydrogen-bond acceptors (Lipinski definition) is 2. The fourth-order valence-corrected chi connectivity index (χ4v) is 4.79. The van der Waals surface area contributed by atoms with Crippen LogP contribution in [0.1, 0.15) is 40.2 Å². The number of aryl methyl sites for hydroxylation is 1. The van der Waals surface area contributed by atoms with Gasteiger partial charge >= 0.3 is 0 Å². The normalized spacial score (nSPS) is 17.5. The van der Waals surface area contributed by atoms with Crippen molar-refractivity contribution in [2.75, 3.05) is 5.32 Å². The van der Waals surface area contributed by atoms with Crippen molar-refractivity contribution in [2.45, 2.75) is 31.0 Å². The van der Waals surface area contributed by atoms with Crippen LogP contribution in [0.3, 0.4) is 0 Å². The van der Waals surface area contributed by atoms with E-state index in [0.29, 0.717) is 0 Å². The largest absolute Gasteiger partial charge is 0.325 e. The van der Waals surface area contributed by atoms with Crippen LogP contribution in [0, 0.1) is 6.92 Å². The van der Waals surface area contributed by atoms with Gasteiger partial charge in [0.05, 0.1) is 14.0 Å². The molecule has 1 unspecified atom stereocenters. The second-order valence-corrected chi connectivity index (χ2v) is 9.17. The molecular weight excluding hydrogens is 414 g/mol. The maximum atomic E-state index is 12.0. The zero-order valence-corrected chi connectivity index (χ0v) is 15.9. The van der Waals surface area contributed by atoms with Gasteiger partial charge in [-0.15, -0.1) is 11.3 Å². The highest BCUT2D eigenvalue weighted by Gasteiger charge is 2.38. The molecule has 0 saturated carbocycles. The van der Waals surface area contributed by atoms with E-state index in [-0.39, 0.29) is 10.7 Å². The van der Waals surface area contributed by atoms with Crippen molar-refractivity contribution in [2.24, 2.45) is 0 Å². The fraction of sp³-hybridized carbons (Fsp3) is 0.312. The predicted molar refractivity (Wildman–Crippen MR) is 95.6 cm³/mol. The highest BCUT2D eigenvalue weighted by atomic mass is 79.9. The number of thiophene rings is 1. The summed E-state index contributed by atoms with van der Waals surface area (Å²) in [5, 5.41) is 2.95. The summed E-state index contributed by atoms with van der Waals surface area (Å²) in [7, 11) is 0. The zero-order valence-electron chi connectivity index (χ0n) is 12.0. The van der Waals surface area contributed by atoms with E-state index in [4.69, 9.17) is 0 Å². The van der Waals surface area contributed by atoms with Crippen molar-refractivity contribution in [3.05, 3.63) is 49.6 Å². The molecule has 2 nitrogen and oxygen atoms in total. The van der Waals surface area contributed by atoms with Gasteiger partial charge in [-0.05, 0) is 65.5 Å². The lowest BCUT2D eigenvalue weighted by Crippen LogP contribution is -2.26. The third-order valence-electron chi connectivity index (χ3n) is 3.95. The Kier molecular flexibility index (Phi) is 3.79. The third kappa shape index (κ3) is 2.49. The summed E-state index contributed by atoms with van der Waals surface area (Å²) in [6.07, 6.45) is 0. The minimum absolute atomic E-state index is 0.0653. The number of amides is 1. The first-order valence-corrected chi connectivity index (χ1v) is 9.19. The number of hydrogen-bond donors (Lipinski definition) is 1. The predicted octanol–water partition coefficient (Wildman–Crippen LogP) is 5.53. The molecule has 0 fully saturated rings. The van der Waals surface area contributed by atoms with Crippen LogP contribution in [0.25, 0.3) is 0 Å². The number of alkyl halides is 1. The van der Waals surface area contributed by atoms with Crippen LogP contribution >= 0.6 is 43.2 Å². The molecule has 21 heavy (non-hydrogen) atoms. The highest BCUT2D eigenvalue weighted by molar-refractivity contribution is 9.11. The monoisotopic (exact) mass is 427 g/mol. The van der Waals surface area contributed by atoms with Crippen LogP contribution < -0.4 is 5.32 Å². The molecule has 0 aliphatic carbocycles. The maximum absolute atomic E-state index is 12.0. The fourth-order valence-electron chi connectivity index (χ4n) is 2.52. The van der Waals surface area contributed by atoms with Crippen molar-refractivity contribution in [1.29, 1.82) is 0 Å². The molecule has 0 saturated heterocycles. The molecule has 1 aliphatic heterocycles. The summed E-state index contributed by atoms with van der Waals surface area (Å²) in [5.74, 6) is 0.0653. The number of carbonyl (C=O) groups excluding carboxylic acids is 1. The van der Waals surface area contributed by atoms with E-state index < -0.39 is 5.41 Å². The van der Waals surface area contributed by atoms with Crippen LogP contribution in [0.4, 0.5) is 5.69 Å². The van der Waals surface area contributed by atoms with E-state index in [1.807, 2.05) is 19.9 Å². The minimum Gasteiger partial charge on any atom is -0.325 e. The quantitative estimate of drug-likeness (QED) is 0.625. The Morgan fingerprint density at radius 2 is 2.00 bits per heavy atom. The highest BCUT2D eigenvalue weighted by Crippen LogP contribution is 2.43. The van der Waals surface area contributed by atoms with Crippen molar-refractivity contribution < 1.29 is 4.79 Å². The van der Waals surface area contributed by atoms with Crippen LogP contribution in [0.15, 0.2) is 28.1 Å². The van der Waals surface area contributed by atoms with E-state index in [2.05, 4.69) is 62.3 Å². The lowest BCUT2D eigenvalue weighted by molar-refractivity contribution is -0.119. The zero-order chi connectivity index (χ0) is 15.4. The van der Waals surface area contributed by atoms with Crippen LogP contribution in [0.2, 0.25) is 0 Å². The summed E-state index contributed by atoms with van der Waals surface area (Å²) in [6.45, 7) is 6.03. The van der Waals surface area contributed by atoms with E-state index in [1.54, 1.807) is 11.3 Å². The summed E-state index contributed by atoms with van der Waals surface area (Å²) in [6, 6.07) is 8.40. The number of anilines is 1. The summed E-state index contributed by atoms with van der Waals surface area (Å²) in [4.78, 5) is 13.4. The van der Waals surface area contributed by atoms with Gasteiger partial charge in [0, 0.05) is 10.6 Å². The minimum atomic E-state index is -0.468. The molecule has 0 radical (unpaired) electrons. The lowest BCUT2D eigenvalue weighted by atomic mass is 9.85. The molecule has 2 aromatic rings. The van der Waals surface area contributed by atoms with E-state index in [9.17, 15) is 4.79 Å². The van der Waals surface area contributed by atoms with E-state index in [0.717, 1.165) is 11.3 Å². The van der Waals surface area contributed by atoms with Gasteiger partial charge in [0.1, 0.15) is 0 Å². The number of halogens is 2. The standard InChI is InChI=1S/C16H15Br2NOS/c1-8-6-12(21-14(8)18)13(17)9-4-5-11-10(7-9)16(2,3)15(20)19-11/h4-7,13H,1-3H3,(H,19,20). The number of nitrogens with one attached hydrogen (secondary N) is 1. The summed E-state index contributed by atoms with van der Waals surface area (Å²) >= 11 is 9.10. The Hall–Kier alpha value is -0.650. The van der Waals surface area contributed by atoms with E-state index in [1.165, 1.54) is 19.8 Å². The van der Waals surface area contributed by atoms with Crippen molar-refractivity contribution >= 4 is 54.8 Å². The SMILES string of the molecule is Cc1cc(C(Br)c2ccc3c(c2)C(C)(C)C(=O)N3)sc1Br. The van der Waals surface area contributed by atoms with Crippen LogP contribution in [-0.4, -0.2) is 5.91 Å². The Morgan fingerprint density at radius 1 is 1.29 bits per heavy atom. The van der Waals surface area contributed by atoms with Gasteiger partial charge in [0.2, 0.25) is 5.91 Å². The first-order valence-electron chi connectivity index (χ1n) is 6.66. The summed E-state index contributed by atoms with van der Waals surface area (Å²) < 4.78 is 1.17. The van der Waals surface area contributed by atoms with Gasteiger partial charge in [0.15, 0.2) is 0 Å². The van der Waals surface area contributed by atoms with Gasteiger partial charge < -0.3 is 5.32 Å². The molecule has 2 heterocycles. The van der Waals surface area contributed by atoms with Crippen molar-refractivity contribution in [3.8, 4) is 0 Å². The van der Waals surface area contributed by atoms with E-state index >= 15 is 0 Å². The lowest BCUT2D eigenvalue weighted by Gasteiger charge is -2.17. The molecule has 110 valence electrons. The van der Waals surface area contributed by atoms with Gasteiger partial charge in [0.25, 0.3) is 0 Å². The molecule has 0 spiro atoms. The van der Waals surface area contributed by atoms with Gasteiger partial charge in [-0.3, -0.25) is 4.79 Å². The molecule has 1 amide bonds.